The number of Topliss-reactive ketones (excluding diaryl/α,β-unsaturated/α-hetero) is 1. The number of benzene rings is 1. The molecular formula is C25H35NO3. The van der Waals surface area contributed by atoms with E-state index in [-0.39, 0.29) is 17.3 Å². The monoisotopic (exact) mass is 397 g/mol. The number of likely N-dealkylation sites (tertiary alicyclic amines) is 1. The highest BCUT2D eigenvalue weighted by Gasteiger charge is 2.56. The van der Waals surface area contributed by atoms with Gasteiger partial charge >= 0.3 is 0 Å². The maximum atomic E-state index is 13.0. The van der Waals surface area contributed by atoms with Gasteiger partial charge < -0.3 is 14.4 Å². The minimum atomic E-state index is -0.665. The first kappa shape index (κ1) is 20.6. The number of piperidine rings is 1. The Morgan fingerprint density at radius 3 is 2.55 bits per heavy atom. The molecule has 1 saturated carbocycles. The molecule has 0 amide bonds. The molecule has 4 aliphatic rings. The molecule has 158 valence electrons. The summed E-state index contributed by atoms with van der Waals surface area (Å²) in [5.74, 6) is 1.23. The summed E-state index contributed by atoms with van der Waals surface area (Å²) in [5, 5.41) is 0. The summed E-state index contributed by atoms with van der Waals surface area (Å²) in [6.07, 6.45) is 9.02. The van der Waals surface area contributed by atoms with Gasteiger partial charge in [-0.15, -0.1) is 0 Å². The molecule has 3 aliphatic heterocycles. The second kappa shape index (κ2) is 8.23. The van der Waals surface area contributed by atoms with Crippen molar-refractivity contribution in [3.8, 4) is 5.75 Å². The Bertz CT molecular complexity index is 761. The number of carbonyl (C=O) groups excluding carboxylic acids is 1. The van der Waals surface area contributed by atoms with Crippen molar-refractivity contribution in [1.29, 1.82) is 0 Å². The van der Waals surface area contributed by atoms with Gasteiger partial charge in [0, 0.05) is 18.0 Å². The summed E-state index contributed by atoms with van der Waals surface area (Å²) in [7, 11) is 0. The summed E-state index contributed by atoms with van der Waals surface area (Å²) in [6, 6.07) is 8.14. The van der Waals surface area contributed by atoms with E-state index in [4.69, 9.17) is 9.47 Å². The molecule has 1 aliphatic carbocycles. The van der Waals surface area contributed by atoms with E-state index in [2.05, 4.69) is 37.0 Å². The quantitative estimate of drug-likeness (QED) is 0.507. The Balaban J connectivity index is 1.35. The molecule has 0 aromatic heterocycles. The smallest absolute Gasteiger partial charge is 0.190 e. The predicted molar refractivity (Wildman–Crippen MR) is 116 cm³/mol. The molecule has 0 radical (unpaired) electrons. The van der Waals surface area contributed by atoms with Crippen LogP contribution in [0.5, 0.6) is 5.75 Å². The van der Waals surface area contributed by atoms with Crippen LogP contribution in [0.2, 0.25) is 0 Å². The fourth-order valence-corrected chi connectivity index (χ4v) is 5.29. The van der Waals surface area contributed by atoms with E-state index in [1.165, 1.54) is 32.4 Å². The van der Waals surface area contributed by atoms with Gasteiger partial charge in [-0.1, -0.05) is 18.6 Å². The molecule has 3 heterocycles. The van der Waals surface area contributed by atoms with Crippen molar-refractivity contribution in [2.45, 2.75) is 70.5 Å². The lowest BCUT2D eigenvalue weighted by atomic mass is 9.65. The lowest BCUT2D eigenvalue weighted by molar-refractivity contribution is -0.206. The average Bonchev–Trinajstić information content (AvgIpc) is 2.70. The Morgan fingerprint density at radius 1 is 1.14 bits per heavy atom. The van der Waals surface area contributed by atoms with E-state index in [1.807, 2.05) is 19.1 Å². The van der Waals surface area contributed by atoms with Gasteiger partial charge in [0.05, 0.1) is 12.2 Å². The highest BCUT2D eigenvalue weighted by Crippen LogP contribution is 2.50. The molecule has 1 aromatic rings. The zero-order valence-corrected chi connectivity index (χ0v) is 18.2. The van der Waals surface area contributed by atoms with E-state index < -0.39 is 5.60 Å². The number of nitrogens with zero attached hydrogens (tertiary/aromatic N) is 1. The number of rotatable bonds is 6. The van der Waals surface area contributed by atoms with Crippen molar-refractivity contribution in [2.75, 3.05) is 26.2 Å². The first-order chi connectivity index (χ1) is 13.9. The first-order valence-electron chi connectivity index (χ1n) is 11.3. The summed E-state index contributed by atoms with van der Waals surface area (Å²) in [5.41, 5.74) is 1.03. The molecule has 4 nitrogen and oxygen atoms in total. The van der Waals surface area contributed by atoms with Crippen LogP contribution >= 0.6 is 0 Å². The Kier molecular flexibility index (Phi) is 5.85. The molecule has 4 heteroatoms. The van der Waals surface area contributed by atoms with Crippen molar-refractivity contribution >= 4 is 11.9 Å². The third kappa shape index (κ3) is 4.44. The van der Waals surface area contributed by atoms with Gasteiger partial charge in [0.15, 0.2) is 5.78 Å². The lowest BCUT2D eigenvalue weighted by Crippen LogP contribution is -2.60. The topological polar surface area (TPSA) is 38.8 Å². The number of ether oxygens (including phenoxy) is 2. The standard InChI is InChI=1S/C25H35NO3/c1-24(2)22-12-13-25(3,29-24)23(27)21(22)18-19-8-10-20(11-9-19)28-17-7-16-26-14-5-4-6-15-26/h8-11,18,22H,4-7,12-17H2,1-3H3/b21-18+. The van der Waals surface area contributed by atoms with Gasteiger partial charge in [0.25, 0.3) is 0 Å². The zero-order chi connectivity index (χ0) is 20.5. The summed E-state index contributed by atoms with van der Waals surface area (Å²) < 4.78 is 12.1. The van der Waals surface area contributed by atoms with Crippen LogP contribution in [0.4, 0.5) is 0 Å². The lowest BCUT2D eigenvalue weighted by Gasteiger charge is -2.53. The molecular weight excluding hydrogens is 362 g/mol. The molecule has 0 spiro atoms. The molecule has 2 bridgehead atoms. The van der Waals surface area contributed by atoms with Gasteiger partial charge in [0.2, 0.25) is 0 Å². The summed E-state index contributed by atoms with van der Waals surface area (Å²) >= 11 is 0. The average molecular weight is 398 g/mol. The van der Waals surface area contributed by atoms with E-state index in [0.29, 0.717) is 0 Å². The molecule has 3 saturated heterocycles. The molecule has 29 heavy (non-hydrogen) atoms. The van der Waals surface area contributed by atoms with E-state index in [9.17, 15) is 4.79 Å². The van der Waals surface area contributed by atoms with Crippen LogP contribution in [0.1, 0.15) is 64.9 Å². The molecule has 1 aromatic carbocycles. The van der Waals surface area contributed by atoms with Crippen molar-refractivity contribution in [3.05, 3.63) is 35.4 Å². The fraction of sp³-hybridized carbons (Fsp3) is 0.640. The number of carbonyl (C=O) groups is 1. The second-order valence-corrected chi connectivity index (χ2v) is 9.63. The SMILES string of the molecule is CC12CCC(/C(=C\c3ccc(OCCCN4CCCCC4)cc3)C1=O)C(C)(C)O2. The van der Waals surface area contributed by atoms with Crippen LogP contribution in [0, 0.1) is 5.92 Å². The van der Waals surface area contributed by atoms with Crippen LogP contribution in [0.25, 0.3) is 6.08 Å². The van der Waals surface area contributed by atoms with Gasteiger partial charge in [-0.25, -0.2) is 0 Å². The van der Waals surface area contributed by atoms with E-state index >= 15 is 0 Å². The van der Waals surface area contributed by atoms with Crippen molar-refractivity contribution in [3.63, 3.8) is 0 Å². The third-order valence-corrected chi connectivity index (χ3v) is 6.89. The second-order valence-electron chi connectivity index (χ2n) is 9.63. The minimum absolute atomic E-state index is 0.158. The fourth-order valence-electron chi connectivity index (χ4n) is 5.29. The van der Waals surface area contributed by atoms with Gasteiger partial charge in [0.1, 0.15) is 11.4 Å². The van der Waals surface area contributed by atoms with Gasteiger partial charge in [-0.05, 0) is 89.7 Å². The number of hydrogen-bond acceptors (Lipinski definition) is 4. The van der Waals surface area contributed by atoms with Crippen LogP contribution in [0.15, 0.2) is 29.8 Å². The Labute approximate surface area is 175 Å². The molecule has 2 unspecified atom stereocenters. The van der Waals surface area contributed by atoms with Crippen LogP contribution in [-0.2, 0) is 9.53 Å². The Hall–Kier alpha value is -1.65. The largest absolute Gasteiger partial charge is 0.494 e. The van der Waals surface area contributed by atoms with Crippen LogP contribution in [-0.4, -0.2) is 48.1 Å². The van der Waals surface area contributed by atoms with Gasteiger partial charge in [-0.2, -0.15) is 0 Å². The van der Waals surface area contributed by atoms with Crippen LogP contribution < -0.4 is 4.74 Å². The van der Waals surface area contributed by atoms with Gasteiger partial charge in [-0.3, -0.25) is 4.79 Å². The summed E-state index contributed by atoms with van der Waals surface area (Å²) in [4.78, 5) is 15.5. The van der Waals surface area contributed by atoms with Crippen molar-refractivity contribution < 1.29 is 14.3 Å². The molecule has 2 atom stereocenters. The van der Waals surface area contributed by atoms with Crippen molar-refractivity contribution in [1.82, 2.24) is 4.90 Å². The maximum Gasteiger partial charge on any atom is 0.190 e. The number of ketones is 1. The first-order valence-corrected chi connectivity index (χ1v) is 11.3. The Morgan fingerprint density at radius 2 is 1.86 bits per heavy atom. The molecule has 4 fully saturated rings. The zero-order valence-electron chi connectivity index (χ0n) is 18.2. The molecule has 5 rings (SSSR count). The highest BCUT2D eigenvalue weighted by molar-refractivity contribution is 6.07. The summed E-state index contributed by atoms with van der Waals surface area (Å²) in [6.45, 7) is 10.5. The third-order valence-electron chi connectivity index (χ3n) is 6.89. The normalized spacial score (nSPS) is 30.7. The van der Waals surface area contributed by atoms with E-state index in [0.717, 1.165) is 49.3 Å². The highest BCUT2D eigenvalue weighted by atomic mass is 16.5. The van der Waals surface area contributed by atoms with Crippen LogP contribution in [0.3, 0.4) is 0 Å². The van der Waals surface area contributed by atoms with E-state index in [1.54, 1.807) is 0 Å². The predicted octanol–water partition coefficient (Wildman–Crippen LogP) is 4.87. The number of fused-ring (bicyclic) bond motifs is 3. The molecule has 0 N–H and O–H groups in total. The number of hydrogen-bond donors (Lipinski definition) is 0. The maximum absolute atomic E-state index is 13.0. The minimum Gasteiger partial charge on any atom is -0.494 e. The van der Waals surface area contributed by atoms with Crippen molar-refractivity contribution in [2.24, 2.45) is 5.92 Å².